The van der Waals surface area contributed by atoms with E-state index in [4.69, 9.17) is 4.74 Å². The molecule has 1 atom stereocenters. The summed E-state index contributed by atoms with van der Waals surface area (Å²) in [5.74, 6) is -0.305. The Labute approximate surface area is 67.7 Å². The molecule has 0 N–H and O–H groups in total. The highest BCUT2D eigenvalue weighted by atomic mass is 16.6. The van der Waals surface area contributed by atoms with Crippen LogP contribution in [0.15, 0.2) is 0 Å². The minimum Gasteiger partial charge on any atom is -0.467 e. The molecular weight excluding hydrogens is 144 g/mol. The molecule has 0 saturated carbocycles. The van der Waals surface area contributed by atoms with Gasteiger partial charge in [0.25, 0.3) is 0 Å². The van der Waals surface area contributed by atoms with Crippen molar-refractivity contribution >= 4 is 5.97 Å². The minimum absolute atomic E-state index is 0.305. The van der Waals surface area contributed by atoms with Gasteiger partial charge in [-0.05, 0) is 13.3 Å². The van der Waals surface area contributed by atoms with Gasteiger partial charge in [-0.3, -0.25) is 0 Å². The molecule has 0 rings (SSSR count). The molecule has 0 aliphatic rings. The van der Waals surface area contributed by atoms with Crippen LogP contribution >= 0.6 is 0 Å². The van der Waals surface area contributed by atoms with Gasteiger partial charge in [-0.2, -0.15) is 0 Å². The average molecular weight is 160 g/mol. The smallest absolute Gasteiger partial charge is 0.334 e. The predicted octanol–water partition coefficient (Wildman–Crippen LogP) is 1.36. The molecule has 0 aromatic carbocycles. The number of rotatable bonds is 5. The molecule has 3 nitrogen and oxygen atoms in total. The lowest BCUT2D eigenvalue weighted by molar-refractivity contribution is -0.152. The molecular formula is C8H16O3. The first-order chi connectivity index (χ1) is 5.22. The summed E-state index contributed by atoms with van der Waals surface area (Å²) >= 11 is 0. The van der Waals surface area contributed by atoms with Crippen LogP contribution < -0.4 is 0 Å². The van der Waals surface area contributed by atoms with E-state index in [1.54, 1.807) is 6.92 Å². The van der Waals surface area contributed by atoms with Gasteiger partial charge in [0.05, 0.1) is 7.11 Å². The summed E-state index contributed by atoms with van der Waals surface area (Å²) < 4.78 is 9.64. The van der Waals surface area contributed by atoms with Crippen LogP contribution in [0.25, 0.3) is 0 Å². The fourth-order valence-corrected chi connectivity index (χ4v) is 0.638. The van der Waals surface area contributed by atoms with Gasteiger partial charge >= 0.3 is 5.97 Å². The number of esters is 1. The van der Waals surface area contributed by atoms with Crippen molar-refractivity contribution in [2.45, 2.75) is 32.8 Å². The van der Waals surface area contributed by atoms with Crippen molar-refractivity contribution in [1.82, 2.24) is 0 Å². The van der Waals surface area contributed by atoms with Crippen molar-refractivity contribution in [1.29, 1.82) is 0 Å². The van der Waals surface area contributed by atoms with E-state index in [2.05, 4.69) is 11.7 Å². The fourth-order valence-electron chi connectivity index (χ4n) is 0.638. The Morgan fingerprint density at radius 3 is 2.64 bits per heavy atom. The largest absolute Gasteiger partial charge is 0.467 e. The Morgan fingerprint density at radius 2 is 2.18 bits per heavy atom. The van der Waals surface area contributed by atoms with Crippen LogP contribution in [0.1, 0.15) is 26.7 Å². The molecule has 0 bridgehead atoms. The van der Waals surface area contributed by atoms with E-state index in [0.29, 0.717) is 6.61 Å². The first-order valence-electron chi connectivity index (χ1n) is 3.91. The van der Waals surface area contributed by atoms with Gasteiger partial charge in [0.15, 0.2) is 6.10 Å². The Balaban J connectivity index is 3.36. The average Bonchev–Trinajstić information content (AvgIpc) is 2.03. The molecule has 0 fully saturated rings. The zero-order valence-electron chi connectivity index (χ0n) is 7.42. The highest BCUT2D eigenvalue weighted by molar-refractivity contribution is 5.73. The summed E-state index contributed by atoms with van der Waals surface area (Å²) in [6.07, 6.45) is 1.64. The Kier molecular flexibility index (Phi) is 5.84. The Morgan fingerprint density at radius 1 is 1.55 bits per heavy atom. The Hall–Kier alpha value is -0.570. The molecule has 3 heteroatoms. The first-order valence-corrected chi connectivity index (χ1v) is 3.91. The van der Waals surface area contributed by atoms with Crippen molar-refractivity contribution in [2.75, 3.05) is 13.7 Å². The molecule has 0 aromatic rings. The summed E-state index contributed by atoms with van der Waals surface area (Å²) in [5.41, 5.74) is 0. The summed E-state index contributed by atoms with van der Waals surface area (Å²) in [5, 5.41) is 0. The number of carbonyl (C=O) groups excluding carboxylic acids is 1. The van der Waals surface area contributed by atoms with Crippen molar-refractivity contribution < 1.29 is 14.3 Å². The van der Waals surface area contributed by atoms with Crippen LogP contribution in [0, 0.1) is 0 Å². The second kappa shape index (κ2) is 6.16. The fraction of sp³-hybridized carbons (Fsp3) is 0.875. The van der Waals surface area contributed by atoms with Gasteiger partial charge in [-0.1, -0.05) is 13.3 Å². The topological polar surface area (TPSA) is 35.5 Å². The van der Waals surface area contributed by atoms with E-state index in [1.165, 1.54) is 7.11 Å². The van der Waals surface area contributed by atoms with E-state index < -0.39 is 6.10 Å². The van der Waals surface area contributed by atoms with Crippen LogP contribution in [0.5, 0.6) is 0 Å². The summed E-state index contributed by atoms with van der Waals surface area (Å²) in [4.78, 5) is 10.8. The lowest BCUT2D eigenvalue weighted by Crippen LogP contribution is -2.22. The molecule has 11 heavy (non-hydrogen) atoms. The number of unbranched alkanes of at least 4 members (excludes halogenated alkanes) is 1. The van der Waals surface area contributed by atoms with Crippen LogP contribution in [0.2, 0.25) is 0 Å². The first kappa shape index (κ1) is 10.4. The van der Waals surface area contributed by atoms with E-state index in [9.17, 15) is 4.79 Å². The number of hydrogen-bond acceptors (Lipinski definition) is 3. The second-order valence-electron chi connectivity index (χ2n) is 2.39. The minimum atomic E-state index is -0.424. The third-order valence-electron chi connectivity index (χ3n) is 1.40. The highest BCUT2D eigenvalue weighted by Crippen LogP contribution is 1.96. The molecule has 66 valence electrons. The van der Waals surface area contributed by atoms with Gasteiger partial charge < -0.3 is 9.47 Å². The van der Waals surface area contributed by atoms with Crippen molar-refractivity contribution in [3.63, 3.8) is 0 Å². The predicted molar refractivity (Wildman–Crippen MR) is 42.3 cm³/mol. The van der Waals surface area contributed by atoms with Crippen molar-refractivity contribution in [3.8, 4) is 0 Å². The molecule has 0 aliphatic heterocycles. The molecule has 0 aromatic heterocycles. The summed E-state index contributed by atoms with van der Waals surface area (Å²) in [6.45, 7) is 4.40. The summed E-state index contributed by atoms with van der Waals surface area (Å²) in [6, 6.07) is 0. The van der Waals surface area contributed by atoms with Gasteiger partial charge in [-0.15, -0.1) is 0 Å². The molecule has 0 radical (unpaired) electrons. The lowest BCUT2D eigenvalue weighted by atomic mass is 10.3. The van der Waals surface area contributed by atoms with E-state index in [0.717, 1.165) is 12.8 Å². The quantitative estimate of drug-likeness (QED) is 0.450. The molecule has 0 saturated heterocycles. The van der Waals surface area contributed by atoms with Crippen LogP contribution in [-0.4, -0.2) is 25.8 Å². The third kappa shape index (κ3) is 4.79. The maximum atomic E-state index is 10.8. The highest BCUT2D eigenvalue weighted by Gasteiger charge is 2.11. The van der Waals surface area contributed by atoms with Gasteiger partial charge in [-0.25, -0.2) is 4.79 Å². The summed E-state index contributed by atoms with van der Waals surface area (Å²) in [7, 11) is 1.36. The molecule has 0 amide bonds. The van der Waals surface area contributed by atoms with Gasteiger partial charge in [0.2, 0.25) is 0 Å². The van der Waals surface area contributed by atoms with Crippen molar-refractivity contribution in [3.05, 3.63) is 0 Å². The monoisotopic (exact) mass is 160 g/mol. The standard InChI is InChI=1S/C8H16O3/c1-4-5-6-11-7(2)8(9)10-3/h7H,4-6H2,1-3H3. The van der Waals surface area contributed by atoms with Gasteiger partial charge in [0, 0.05) is 6.61 Å². The van der Waals surface area contributed by atoms with Crippen LogP contribution in [-0.2, 0) is 14.3 Å². The molecule has 0 aliphatic carbocycles. The van der Waals surface area contributed by atoms with Crippen LogP contribution in [0.4, 0.5) is 0 Å². The SMILES string of the molecule is CCCCOC(C)C(=O)OC. The number of hydrogen-bond donors (Lipinski definition) is 0. The van der Waals surface area contributed by atoms with Crippen LogP contribution in [0.3, 0.4) is 0 Å². The molecule has 1 unspecified atom stereocenters. The number of methoxy groups -OCH3 is 1. The molecule has 0 spiro atoms. The third-order valence-corrected chi connectivity index (χ3v) is 1.40. The normalized spacial score (nSPS) is 12.6. The van der Waals surface area contributed by atoms with Gasteiger partial charge in [0.1, 0.15) is 0 Å². The van der Waals surface area contributed by atoms with E-state index >= 15 is 0 Å². The second-order valence-corrected chi connectivity index (χ2v) is 2.39. The van der Waals surface area contributed by atoms with E-state index in [1.807, 2.05) is 0 Å². The zero-order valence-corrected chi connectivity index (χ0v) is 7.42. The number of ether oxygens (including phenoxy) is 2. The lowest BCUT2D eigenvalue weighted by Gasteiger charge is -2.09. The Bertz CT molecular complexity index is 112. The number of carbonyl (C=O) groups is 1. The zero-order chi connectivity index (χ0) is 8.69. The van der Waals surface area contributed by atoms with E-state index in [-0.39, 0.29) is 5.97 Å². The van der Waals surface area contributed by atoms with Crippen molar-refractivity contribution in [2.24, 2.45) is 0 Å². The maximum Gasteiger partial charge on any atom is 0.334 e. The molecule has 0 heterocycles. The maximum absolute atomic E-state index is 10.8.